The fourth-order valence-corrected chi connectivity index (χ4v) is 1.10. The summed E-state index contributed by atoms with van der Waals surface area (Å²) in [6.45, 7) is 1.25. The van der Waals surface area contributed by atoms with Crippen LogP contribution < -0.4 is 9.47 Å². The van der Waals surface area contributed by atoms with Crippen molar-refractivity contribution in [1.82, 2.24) is 0 Å². The van der Waals surface area contributed by atoms with E-state index in [0.29, 0.717) is 0 Å². The van der Waals surface area contributed by atoms with Crippen molar-refractivity contribution in [1.29, 1.82) is 0 Å². The topological polar surface area (TPSA) is 35.5 Å². The predicted molar refractivity (Wildman–Crippen MR) is 49.7 cm³/mol. The molecule has 0 aliphatic carbocycles. The van der Waals surface area contributed by atoms with Crippen molar-refractivity contribution in [2.75, 3.05) is 7.11 Å². The van der Waals surface area contributed by atoms with Gasteiger partial charge in [-0.1, -0.05) is 0 Å². The van der Waals surface area contributed by atoms with Crippen LogP contribution in [0.1, 0.15) is 17.3 Å². The summed E-state index contributed by atoms with van der Waals surface area (Å²) in [6.07, 6.45) is -4.82. The Kier molecular flexibility index (Phi) is 3.41. The molecule has 0 atom stereocenters. The molecule has 0 saturated heterocycles. The number of Topliss-reactive ketones (excluding diaryl/α,β-unsaturated/α-hetero) is 1. The Bertz CT molecular complexity index is 399. The van der Waals surface area contributed by atoms with E-state index in [0.717, 1.165) is 6.07 Å². The minimum Gasteiger partial charge on any atom is -0.493 e. The van der Waals surface area contributed by atoms with E-state index >= 15 is 0 Å². The first kappa shape index (κ1) is 12.4. The van der Waals surface area contributed by atoms with Crippen LogP contribution in [0.25, 0.3) is 0 Å². The van der Waals surface area contributed by atoms with Gasteiger partial charge in [0.25, 0.3) is 0 Å². The van der Waals surface area contributed by atoms with Crippen LogP contribution in [-0.4, -0.2) is 19.3 Å². The van der Waals surface area contributed by atoms with Crippen LogP contribution in [0.5, 0.6) is 11.5 Å². The number of carbonyl (C=O) groups is 1. The molecule has 0 spiro atoms. The third kappa shape index (κ3) is 3.15. The van der Waals surface area contributed by atoms with Gasteiger partial charge in [-0.05, 0) is 25.1 Å². The van der Waals surface area contributed by atoms with E-state index in [2.05, 4.69) is 9.47 Å². The predicted octanol–water partition coefficient (Wildman–Crippen LogP) is 2.80. The Hall–Kier alpha value is -1.72. The molecule has 0 fully saturated rings. The van der Waals surface area contributed by atoms with Crippen molar-refractivity contribution < 1.29 is 27.4 Å². The van der Waals surface area contributed by atoms with Gasteiger partial charge in [-0.2, -0.15) is 0 Å². The van der Waals surface area contributed by atoms with Crippen LogP contribution in [0.2, 0.25) is 0 Å². The maximum atomic E-state index is 12.0. The molecule has 0 amide bonds. The highest BCUT2D eigenvalue weighted by Gasteiger charge is 2.32. The highest BCUT2D eigenvalue weighted by Crippen LogP contribution is 2.32. The lowest BCUT2D eigenvalue weighted by Gasteiger charge is -2.12. The molecule has 1 aromatic rings. The number of halogens is 3. The van der Waals surface area contributed by atoms with E-state index in [1.807, 2.05) is 0 Å². The first-order valence-electron chi connectivity index (χ1n) is 4.28. The second-order valence-corrected chi connectivity index (χ2v) is 2.97. The zero-order chi connectivity index (χ0) is 12.3. The summed E-state index contributed by atoms with van der Waals surface area (Å²) in [5, 5.41) is 0. The van der Waals surface area contributed by atoms with Crippen LogP contribution in [0.3, 0.4) is 0 Å². The Balaban J connectivity index is 3.12. The van der Waals surface area contributed by atoms with Crippen molar-refractivity contribution in [3.8, 4) is 11.5 Å². The smallest absolute Gasteiger partial charge is 0.493 e. The van der Waals surface area contributed by atoms with Crippen LogP contribution in [0.4, 0.5) is 13.2 Å². The van der Waals surface area contributed by atoms with Gasteiger partial charge in [-0.25, -0.2) is 0 Å². The van der Waals surface area contributed by atoms with Gasteiger partial charge in [0.15, 0.2) is 17.3 Å². The van der Waals surface area contributed by atoms with Gasteiger partial charge >= 0.3 is 6.36 Å². The molecule has 88 valence electrons. The quantitative estimate of drug-likeness (QED) is 0.754. The summed E-state index contributed by atoms with van der Waals surface area (Å²) in [7, 11) is 1.21. The lowest BCUT2D eigenvalue weighted by Crippen LogP contribution is -2.17. The van der Waals surface area contributed by atoms with Gasteiger partial charge < -0.3 is 9.47 Å². The van der Waals surface area contributed by atoms with Gasteiger partial charge in [-0.15, -0.1) is 13.2 Å². The minimum atomic E-state index is -4.82. The molecule has 0 aromatic heterocycles. The van der Waals surface area contributed by atoms with Crippen LogP contribution >= 0.6 is 0 Å². The summed E-state index contributed by atoms with van der Waals surface area (Å²) in [5.41, 5.74) is 0.125. The van der Waals surface area contributed by atoms with Crippen LogP contribution in [0, 0.1) is 0 Å². The summed E-state index contributed by atoms with van der Waals surface area (Å²) in [4.78, 5) is 11.0. The molecule has 1 rings (SSSR count). The number of benzene rings is 1. The molecule has 0 bridgehead atoms. The number of rotatable bonds is 3. The first-order chi connectivity index (χ1) is 7.33. The van der Waals surface area contributed by atoms with Gasteiger partial charge in [0.2, 0.25) is 0 Å². The molecular formula is C10H9F3O3. The largest absolute Gasteiger partial charge is 0.573 e. The zero-order valence-electron chi connectivity index (χ0n) is 8.59. The number of hydrogen-bond donors (Lipinski definition) is 0. The van der Waals surface area contributed by atoms with Crippen molar-refractivity contribution in [2.24, 2.45) is 0 Å². The normalized spacial score (nSPS) is 11.1. The van der Waals surface area contributed by atoms with E-state index in [4.69, 9.17) is 0 Å². The van der Waals surface area contributed by atoms with E-state index in [1.165, 1.54) is 26.2 Å². The van der Waals surface area contributed by atoms with Crippen LogP contribution in [0.15, 0.2) is 18.2 Å². The van der Waals surface area contributed by atoms with Crippen molar-refractivity contribution in [3.63, 3.8) is 0 Å². The van der Waals surface area contributed by atoms with E-state index in [1.54, 1.807) is 0 Å². The van der Waals surface area contributed by atoms with Gasteiger partial charge in [0, 0.05) is 5.56 Å². The molecule has 0 aliphatic rings. The lowest BCUT2D eigenvalue weighted by molar-refractivity contribution is -0.275. The third-order valence-corrected chi connectivity index (χ3v) is 1.80. The van der Waals surface area contributed by atoms with Crippen molar-refractivity contribution in [3.05, 3.63) is 23.8 Å². The second kappa shape index (κ2) is 4.42. The monoisotopic (exact) mass is 234 g/mol. The lowest BCUT2D eigenvalue weighted by atomic mass is 10.1. The SMILES string of the molecule is COc1ccc(C(C)=O)cc1OC(F)(F)F. The molecular weight excluding hydrogens is 225 g/mol. The molecule has 0 aliphatic heterocycles. The van der Waals surface area contributed by atoms with Gasteiger partial charge in [-0.3, -0.25) is 4.79 Å². The Morgan fingerprint density at radius 3 is 2.31 bits per heavy atom. The molecule has 0 N–H and O–H groups in total. The minimum absolute atomic E-state index is 0.0812. The average molecular weight is 234 g/mol. The van der Waals surface area contributed by atoms with Crippen LogP contribution in [-0.2, 0) is 0 Å². The fraction of sp³-hybridized carbons (Fsp3) is 0.300. The van der Waals surface area contributed by atoms with E-state index in [9.17, 15) is 18.0 Å². The molecule has 6 heteroatoms. The Labute approximate surface area is 89.8 Å². The number of hydrogen-bond acceptors (Lipinski definition) is 3. The molecule has 16 heavy (non-hydrogen) atoms. The molecule has 0 radical (unpaired) electrons. The maximum absolute atomic E-state index is 12.0. The average Bonchev–Trinajstić information content (AvgIpc) is 2.15. The van der Waals surface area contributed by atoms with E-state index in [-0.39, 0.29) is 17.1 Å². The zero-order valence-corrected chi connectivity index (χ0v) is 8.59. The number of ketones is 1. The highest BCUT2D eigenvalue weighted by atomic mass is 19.4. The third-order valence-electron chi connectivity index (χ3n) is 1.80. The van der Waals surface area contributed by atoms with Gasteiger partial charge in [0.1, 0.15) is 0 Å². The summed E-state index contributed by atoms with van der Waals surface area (Å²) in [6, 6.07) is 3.61. The Morgan fingerprint density at radius 2 is 1.88 bits per heavy atom. The standard InChI is InChI=1S/C10H9F3O3/c1-6(14)7-3-4-8(15-2)9(5-7)16-10(11,12)13/h3-5H,1-2H3. The maximum Gasteiger partial charge on any atom is 0.573 e. The molecule has 0 saturated carbocycles. The molecule has 0 unspecified atom stereocenters. The second-order valence-electron chi connectivity index (χ2n) is 2.97. The number of methoxy groups -OCH3 is 1. The number of alkyl halides is 3. The highest BCUT2D eigenvalue weighted by molar-refractivity contribution is 5.94. The van der Waals surface area contributed by atoms with Crippen molar-refractivity contribution in [2.45, 2.75) is 13.3 Å². The summed E-state index contributed by atoms with van der Waals surface area (Å²) >= 11 is 0. The van der Waals surface area contributed by atoms with Crippen molar-refractivity contribution >= 4 is 5.78 Å². The van der Waals surface area contributed by atoms with Gasteiger partial charge in [0.05, 0.1) is 7.11 Å². The van der Waals surface area contributed by atoms with E-state index < -0.39 is 12.1 Å². The molecule has 3 nitrogen and oxygen atoms in total. The summed E-state index contributed by atoms with van der Waals surface area (Å²) < 4.78 is 44.5. The number of carbonyl (C=O) groups excluding carboxylic acids is 1. The molecule has 1 aromatic carbocycles. The Morgan fingerprint density at radius 1 is 1.25 bits per heavy atom. The molecule has 0 heterocycles. The fourth-order valence-electron chi connectivity index (χ4n) is 1.10. The summed E-state index contributed by atoms with van der Waals surface area (Å²) in [5.74, 6) is -0.959. The number of ether oxygens (including phenoxy) is 2. The first-order valence-corrected chi connectivity index (χ1v) is 4.28.